The average Bonchev–Trinajstić information content (AvgIpc) is 2.25. The summed E-state index contributed by atoms with van der Waals surface area (Å²) in [6.07, 6.45) is 4.24. The number of aliphatic hydroxyl groups is 1. The van der Waals surface area contributed by atoms with Crippen molar-refractivity contribution in [1.29, 1.82) is 0 Å². The smallest absolute Gasteiger partial charge is 0.162 e. The van der Waals surface area contributed by atoms with Crippen LogP contribution in [0.4, 0.5) is 8.78 Å². The zero-order chi connectivity index (χ0) is 11.5. The highest BCUT2D eigenvalue weighted by Gasteiger charge is 2.14. The maximum absolute atomic E-state index is 13.4. The molecule has 0 fully saturated rings. The molecule has 0 aliphatic heterocycles. The van der Waals surface area contributed by atoms with Crippen molar-refractivity contribution in [3.8, 4) is 0 Å². The van der Waals surface area contributed by atoms with E-state index in [4.69, 9.17) is 0 Å². The molecule has 2 rings (SSSR count). The minimum Gasteiger partial charge on any atom is -0.389 e. The van der Waals surface area contributed by atoms with Crippen LogP contribution in [0.1, 0.15) is 24.8 Å². The van der Waals surface area contributed by atoms with Crippen LogP contribution in [0.5, 0.6) is 0 Å². The fourth-order valence-electron chi connectivity index (χ4n) is 2.05. The van der Waals surface area contributed by atoms with Crippen LogP contribution in [-0.4, -0.2) is 11.2 Å². The molecule has 0 spiro atoms. The lowest BCUT2D eigenvalue weighted by molar-refractivity contribution is 0.201. The predicted octanol–water partition coefficient (Wildman–Crippen LogP) is 2.98. The predicted molar refractivity (Wildman–Crippen MR) is 58.0 cm³/mol. The summed E-state index contributed by atoms with van der Waals surface area (Å²) in [7, 11) is 0. The van der Waals surface area contributed by atoms with Crippen molar-refractivity contribution < 1.29 is 13.9 Å². The molecule has 0 aromatic heterocycles. The van der Waals surface area contributed by atoms with Crippen molar-refractivity contribution in [1.82, 2.24) is 0 Å². The topological polar surface area (TPSA) is 20.2 Å². The summed E-state index contributed by atoms with van der Waals surface area (Å²) in [5.74, 6) is -1.59. The van der Waals surface area contributed by atoms with Crippen LogP contribution in [0.25, 0.3) is 0 Å². The monoisotopic (exact) mass is 224 g/mol. The van der Waals surface area contributed by atoms with Gasteiger partial charge in [-0.1, -0.05) is 23.8 Å². The Labute approximate surface area is 93.4 Å². The number of hydrogen-bond donors (Lipinski definition) is 1. The van der Waals surface area contributed by atoms with Crippen LogP contribution in [0, 0.1) is 11.6 Å². The fourth-order valence-corrected chi connectivity index (χ4v) is 2.05. The summed E-state index contributed by atoms with van der Waals surface area (Å²) < 4.78 is 26.4. The van der Waals surface area contributed by atoms with E-state index in [1.165, 1.54) is 6.07 Å². The first-order chi connectivity index (χ1) is 7.66. The zero-order valence-corrected chi connectivity index (χ0v) is 8.92. The average molecular weight is 224 g/mol. The summed E-state index contributed by atoms with van der Waals surface area (Å²) in [6.45, 7) is 0. The normalized spacial score (nSPS) is 20.7. The molecule has 1 atom stereocenters. The quantitative estimate of drug-likeness (QED) is 0.766. The Morgan fingerprint density at radius 3 is 2.88 bits per heavy atom. The van der Waals surface area contributed by atoms with Gasteiger partial charge in [0.15, 0.2) is 11.6 Å². The number of aliphatic hydroxyl groups excluding tert-OH is 1. The second-order valence-electron chi connectivity index (χ2n) is 4.17. The van der Waals surface area contributed by atoms with Crippen molar-refractivity contribution >= 4 is 0 Å². The molecule has 0 bridgehead atoms. The van der Waals surface area contributed by atoms with Gasteiger partial charge in [-0.3, -0.25) is 0 Å². The molecule has 1 unspecified atom stereocenters. The molecule has 1 N–H and O–H groups in total. The molecular formula is C13H14F2O. The van der Waals surface area contributed by atoms with E-state index in [1.54, 1.807) is 12.1 Å². The third-order valence-corrected chi connectivity index (χ3v) is 2.87. The highest BCUT2D eigenvalue weighted by Crippen LogP contribution is 2.23. The van der Waals surface area contributed by atoms with Gasteiger partial charge >= 0.3 is 0 Å². The van der Waals surface area contributed by atoms with Gasteiger partial charge in [0, 0.05) is 0 Å². The molecule has 0 radical (unpaired) electrons. The van der Waals surface area contributed by atoms with Crippen molar-refractivity contribution in [3.63, 3.8) is 0 Å². The van der Waals surface area contributed by atoms with E-state index < -0.39 is 17.7 Å². The van der Waals surface area contributed by atoms with Crippen molar-refractivity contribution in [2.75, 3.05) is 0 Å². The Kier molecular flexibility index (Phi) is 3.34. The zero-order valence-electron chi connectivity index (χ0n) is 8.92. The molecule has 1 aliphatic rings. The van der Waals surface area contributed by atoms with Crippen LogP contribution in [0.2, 0.25) is 0 Å². The second kappa shape index (κ2) is 4.74. The molecular weight excluding hydrogens is 210 g/mol. The van der Waals surface area contributed by atoms with E-state index in [0.29, 0.717) is 12.0 Å². The van der Waals surface area contributed by atoms with Gasteiger partial charge in [0.25, 0.3) is 0 Å². The molecule has 86 valence electrons. The molecule has 0 amide bonds. The van der Waals surface area contributed by atoms with Gasteiger partial charge in [-0.2, -0.15) is 0 Å². The minimum atomic E-state index is -0.811. The third kappa shape index (κ3) is 2.47. The first-order valence-corrected chi connectivity index (χ1v) is 5.47. The van der Waals surface area contributed by atoms with Crippen molar-refractivity contribution in [2.24, 2.45) is 0 Å². The highest BCUT2D eigenvalue weighted by molar-refractivity contribution is 5.25. The van der Waals surface area contributed by atoms with E-state index in [-0.39, 0.29) is 0 Å². The van der Waals surface area contributed by atoms with Crippen LogP contribution in [0.3, 0.4) is 0 Å². The number of benzene rings is 1. The molecule has 0 heterocycles. The van der Waals surface area contributed by atoms with Crippen LogP contribution in [-0.2, 0) is 6.42 Å². The maximum Gasteiger partial charge on any atom is 0.162 e. The SMILES string of the molecule is OC1C=C(Cc2cccc(F)c2F)CCC1. The maximum atomic E-state index is 13.4. The van der Waals surface area contributed by atoms with Gasteiger partial charge in [0.05, 0.1) is 6.10 Å². The first kappa shape index (κ1) is 11.3. The summed E-state index contributed by atoms with van der Waals surface area (Å²) >= 11 is 0. The summed E-state index contributed by atoms with van der Waals surface area (Å²) in [5.41, 5.74) is 1.35. The standard InChI is InChI=1S/C13H14F2O/c14-12-6-2-4-10(13(12)15)7-9-3-1-5-11(16)8-9/h2,4,6,8,11,16H,1,3,5,7H2. The van der Waals surface area contributed by atoms with E-state index >= 15 is 0 Å². The van der Waals surface area contributed by atoms with Gasteiger partial charge in [0.2, 0.25) is 0 Å². The molecule has 3 heteroatoms. The fraction of sp³-hybridized carbons (Fsp3) is 0.385. The van der Waals surface area contributed by atoms with Gasteiger partial charge in [-0.25, -0.2) is 8.78 Å². The third-order valence-electron chi connectivity index (χ3n) is 2.87. The highest BCUT2D eigenvalue weighted by atomic mass is 19.2. The van der Waals surface area contributed by atoms with Gasteiger partial charge < -0.3 is 5.11 Å². The molecule has 0 saturated carbocycles. The second-order valence-corrected chi connectivity index (χ2v) is 4.17. The Morgan fingerprint density at radius 2 is 2.12 bits per heavy atom. The molecule has 1 nitrogen and oxygen atoms in total. The van der Waals surface area contributed by atoms with Crippen molar-refractivity contribution in [2.45, 2.75) is 31.8 Å². The van der Waals surface area contributed by atoms with Gasteiger partial charge in [0.1, 0.15) is 0 Å². The molecule has 1 aliphatic carbocycles. The number of halogens is 2. The first-order valence-electron chi connectivity index (χ1n) is 5.47. The minimum absolute atomic E-state index is 0.361. The number of allylic oxidation sites excluding steroid dienone is 1. The number of rotatable bonds is 2. The molecule has 0 saturated heterocycles. The van der Waals surface area contributed by atoms with E-state index in [9.17, 15) is 13.9 Å². The molecule has 1 aromatic rings. The summed E-state index contributed by atoms with van der Waals surface area (Å²) in [6, 6.07) is 4.21. The van der Waals surface area contributed by atoms with E-state index in [1.807, 2.05) is 0 Å². The largest absolute Gasteiger partial charge is 0.389 e. The van der Waals surface area contributed by atoms with Crippen LogP contribution >= 0.6 is 0 Å². The Morgan fingerprint density at radius 1 is 1.31 bits per heavy atom. The van der Waals surface area contributed by atoms with Crippen LogP contribution in [0.15, 0.2) is 29.8 Å². The Hall–Kier alpha value is -1.22. The molecule has 1 aromatic carbocycles. The van der Waals surface area contributed by atoms with E-state index in [2.05, 4.69) is 0 Å². The summed E-state index contributed by atoms with van der Waals surface area (Å²) in [5, 5.41) is 9.44. The Bertz CT molecular complexity index is 412. The number of hydrogen-bond acceptors (Lipinski definition) is 1. The lowest BCUT2D eigenvalue weighted by atomic mass is 9.92. The van der Waals surface area contributed by atoms with Gasteiger partial charge in [-0.15, -0.1) is 0 Å². The summed E-state index contributed by atoms with van der Waals surface area (Å²) in [4.78, 5) is 0. The van der Waals surface area contributed by atoms with Gasteiger partial charge in [-0.05, 0) is 37.3 Å². The van der Waals surface area contributed by atoms with E-state index in [0.717, 1.165) is 30.9 Å². The molecule has 16 heavy (non-hydrogen) atoms. The lowest BCUT2D eigenvalue weighted by Crippen LogP contribution is -2.10. The lowest BCUT2D eigenvalue weighted by Gasteiger charge is -2.17. The Balaban J connectivity index is 2.17. The van der Waals surface area contributed by atoms with Crippen LogP contribution < -0.4 is 0 Å². The van der Waals surface area contributed by atoms with Crippen molar-refractivity contribution in [3.05, 3.63) is 47.0 Å².